The lowest BCUT2D eigenvalue weighted by atomic mass is 10.4. The number of rotatable bonds is 1. The molecule has 0 aliphatic carbocycles. The van der Waals surface area contributed by atoms with E-state index in [9.17, 15) is 0 Å². The van der Waals surface area contributed by atoms with Crippen molar-refractivity contribution in [3.8, 4) is 0 Å². The van der Waals surface area contributed by atoms with Gasteiger partial charge in [-0.05, 0) is 39.6 Å². The summed E-state index contributed by atoms with van der Waals surface area (Å²) in [7, 11) is 0. The summed E-state index contributed by atoms with van der Waals surface area (Å²) >= 11 is 4.02. The summed E-state index contributed by atoms with van der Waals surface area (Å²) in [4.78, 5) is 0. The van der Waals surface area contributed by atoms with E-state index in [0.717, 1.165) is 0 Å². The molecule has 3 heteroatoms. The standard InChI is InChI=1S/C5H6INS/c6-5-1-4(2-7)3-8-5/h1,3H,2,7H2. The van der Waals surface area contributed by atoms with Crippen molar-refractivity contribution in [3.05, 3.63) is 19.9 Å². The van der Waals surface area contributed by atoms with E-state index >= 15 is 0 Å². The maximum absolute atomic E-state index is 5.37. The Labute approximate surface area is 66.0 Å². The minimum absolute atomic E-state index is 0.666. The van der Waals surface area contributed by atoms with Crippen LogP contribution in [-0.4, -0.2) is 0 Å². The third-order valence-electron chi connectivity index (χ3n) is 0.857. The first-order valence-corrected chi connectivity index (χ1v) is 4.22. The fraction of sp³-hybridized carbons (Fsp3) is 0.200. The number of nitrogens with two attached hydrogens (primary N) is 1. The van der Waals surface area contributed by atoms with E-state index in [4.69, 9.17) is 5.73 Å². The van der Waals surface area contributed by atoms with Gasteiger partial charge in [-0.2, -0.15) is 0 Å². The molecule has 0 fully saturated rings. The van der Waals surface area contributed by atoms with Gasteiger partial charge in [0.1, 0.15) is 0 Å². The van der Waals surface area contributed by atoms with Crippen molar-refractivity contribution >= 4 is 33.9 Å². The fourth-order valence-corrected chi connectivity index (χ4v) is 1.88. The summed E-state index contributed by atoms with van der Waals surface area (Å²) in [6, 6.07) is 2.10. The molecule has 2 N–H and O–H groups in total. The van der Waals surface area contributed by atoms with E-state index in [1.807, 2.05) is 0 Å². The Morgan fingerprint density at radius 3 is 2.75 bits per heavy atom. The lowest BCUT2D eigenvalue weighted by Crippen LogP contribution is -1.92. The molecule has 1 nitrogen and oxygen atoms in total. The molecule has 1 aromatic heterocycles. The van der Waals surface area contributed by atoms with Crippen LogP contribution < -0.4 is 5.73 Å². The molecule has 0 aliphatic heterocycles. The highest BCUT2D eigenvalue weighted by Gasteiger charge is 1.90. The summed E-state index contributed by atoms with van der Waals surface area (Å²) in [5.41, 5.74) is 6.60. The third kappa shape index (κ3) is 1.43. The maximum Gasteiger partial charge on any atom is 0.0656 e. The van der Waals surface area contributed by atoms with E-state index in [1.54, 1.807) is 11.3 Å². The van der Waals surface area contributed by atoms with Crippen LogP contribution in [0.25, 0.3) is 0 Å². The SMILES string of the molecule is NCc1csc(I)c1. The van der Waals surface area contributed by atoms with Gasteiger partial charge < -0.3 is 5.73 Å². The third-order valence-corrected chi connectivity index (χ3v) is 2.70. The van der Waals surface area contributed by atoms with Gasteiger partial charge in [0.15, 0.2) is 0 Å². The van der Waals surface area contributed by atoms with Gasteiger partial charge in [0.25, 0.3) is 0 Å². The van der Waals surface area contributed by atoms with Gasteiger partial charge in [0.2, 0.25) is 0 Å². The van der Waals surface area contributed by atoms with Crippen LogP contribution in [0, 0.1) is 2.88 Å². The molecule has 0 aromatic carbocycles. The summed E-state index contributed by atoms with van der Waals surface area (Å²) < 4.78 is 1.31. The molecule has 0 atom stereocenters. The minimum Gasteiger partial charge on any atom is -0.326 e. The van der Waals surface area contributed by atoms with E-state index in [1.165, 1.54) is 8.45 Å². The van der Waals surface area contributed by atoms with Crippen molar-refractivity contribution in [2.75, 3.05) is 0 Å². The molecular formula is C5H6INS. The Bertz CT molecular complexity index is 173. The molecular weight excluding hydrogens is 233 g/mol. The van der Waals surface area contributed by atoms with E-state index < -0.39 is 0 Å². The molecule has 0 saturated heterocycles. The van der Waals surface area contributed by atoms with Crippen molar-refractivity contribution in [1.82, 2.24) is 0 Å². The molecule has 0 bridgehead atoms. The van der Waals surface area contributed by atoms with Crippen molar-refractivity contribution in [2.24, 2.45) is 5.73 Å². The zero-order chi connectivity index (χ0) is 5.98. The fourth-order valence-electron chi connectivity index (χ4n) is 0.453. The molecule has 0 saturated carbocycles. The lowest BCUT2D eigenvalue weighted by Gasteiger charge is -1.80. The lowest BCUT2D eigenvalue weighted by molar-refractivity contribution is 1.08. The average molecular weight is 239 g/mol. The Morgan fingerprint density at radius 1 is 1.75 bits per heavy atom. The first-order valence-electron chi connectivity index (χ1n) is 2.26. The highest BCUT2D eigenvalue weighted by atomic mass is 127. The van der Waals surface area contributed by atoms with Gasteiger partial charge in [-0.3, -0.25) is 0 Å². The van der Waals surface area contributed by atoms with Crippen molar-refractivity contribution < 1.29 is 0 Å². The molecule has 0 aliphatic rings. The van der Waals surface area contributed by atoms with Crippen molar-refractivity contribution in [2.45, 2.75) is 6.54 Å². The van der Waals surface area contributed by atoms with Crippen LogP contribution in [0.4, 0.5) is 0 Å². The molecule has 8 heavy (non-hydrogen) atoms. The second-order valence-corrected chi connectivity index (χ2v) is 4.27. The van der Waals surface area contributed by atoms with Crippen LogP contribution in [0.3, 0.4) is 0 Å². The van der Waals surface area contributed by atoms with Gasteiger partial charge in [-0.1, -0.05) is 0 Å². The van der Waals surface area contributed by atoms with Crippen LogP contribution in [0.1, 0.15) is 5.56 Å². The predicted octanol–water partition coefficient (Wildman–Crippen LogP) is 1.81. The minimum atomic E-state index is 0.666. The average Bonchev–Trinajstić information content (AvgIpc) is 2.14. The Kier molecular flexibility index (Phi) is 2.27. The first kappa shape index (κ1) is 6.51. The van der Waals surface area contributed by atoms with Crippen LogP contribution in [-0.2, 0) is 6.54 Å². The predicted molar refractivity (Wildman–Crippen MR) is 44.9 cm³/mol. The number of hydrogen-bond acceptors (Lipinski definition) is 2. The molecule has 1 rings (SSSR count). The highest BCUT2D eigenvalue weighted by molar-refractivity contribution is 14.1. The van der Waals surface area contributed by atoms with Gasteiger partial charge in [0.05, 0.1) is 2.88 Å². The number of halogens is 1. The molecule has 1 heterocycles. The van der Waals surface area contributed by atoms with Crippen LogP contribution in [0.15, 0.2) is 11.4 Å². The van der Waals surface area contributed by atoms with Gasteiger partial charge in [-0.15, -0.1) is 11.3 Å². The van der Waals surface area contributed by atoms with Gasteiger partial charge >= 0.3 is 0 Å². The largest absolute Gasteiger partial charge is 0.326 e. The van der Waals surface area contributed by atoms with Crippen molar-refractivity contribution in [1.29, 1.82) is 0 Å². The monoisotopic (exact) mass is 239 g/mol. The van der Waals surface area contributed by atoms with Crippen LogP contribution >= 0.6 is 33.9 Å². The molecule has 0 amide bonds. The quantitative estimate of drug-likeness (QED) is 0.743. The molecule has 0 radical (unpaired) electrons. The zero-order valence-corrected chi connectivity index (χ0v) is 7.20. The molecule has 0 spiro atoms. The molecule has 1 aromatic rings. The normalized spacial score (nSPS) is 9.75. The summed E-state index contributed by atoms with van der Waals surface area (Å²) in [6.07, 6.45) is 0. The highest BCUT2D eigenvalue weighted by Crippen LogP contribution is 2.15. The summed E-state index contributed by atoms with van der Waals surface area (Å²) in [5, 5.41) is 2.09. The van der Waals surface area contributed by atoms with Crippen LogP contribution in [0.5, 0.6) is 0 Å². The molecule has 0 unspecified atom stereocenters. The second-order valence-electron chi connectivity index (χ2n) is 1.46. The number of thiophene rings is 1. The van der Waals surface area contributed by atoms with E-state index in [-0.39, 0.29) is 0 Å². The maximum atomic E-state index is 5.37. The zero-order valence-electron chi connectivity index (χ0n) is 4.23. The van der Waals surface area contributed by atoms with Gasteiger partial charge in [-0.25, -0.2) is 0 Å². The Hall–Kier alpha value is 0.390. The summed E-state index contributed by atoms with van der Waals surface area (Å²) in [5.74, 6) is 0. The Morgan fingerprint density at radius 2 is 2.50 bits per heavy atom. The van der Waals surface area contributed by atoms with Gasteiger partial charge in [0, 0.05) is 6.54 Å². The van der Waals surface area contributed by atoms with Crippen molar-refractivity contribution in [3.63, 3.8) is 0 Å². The number of hydrogen-bond donors (Lipinski definition) is 1. The van der Waals surface area contributed by atoms with Crippen LogP contribution in [0.2, 0.25) is 0 Å². The second kappa shape index (κ2) is 2.80. The molecule has 44 valence electrons. The topological polar surface area (TPSA) is 26.0 Å². The summed E-state index contributed by atoms with van der Waals surface area (Å²) in [6.45, 7) is 0.666. The Balaban J connectivity index is 2.84. The van der Waals surface area contributed by atoms with E-state index in [2.05, 4.69) is 34.0 Å². The van der Waals surface area contributed by atoms with E-state index in [0.29, 0.717) is 6.54 Å². The first-order chi connectivity index (χ1) is 3.83. The smallest absolute Gasteiger partial charge is 0.0656 e.